The topological polar surface area (TPSA) is 85.2 Å². The van der Waals surface area contributed by atoms with Crippen molar-refractivity contribution in [3.8, 4) is 5.75 Å². The number of nitrogens with one attached hydrogen (secondary N) is 2. The van der Waals surface area contributed by atoms with E-state index in [-0.39, 0.29) is 12.1 Å². The third kappa shape index (κ3) is 5.02. The minimum atomic E-state index is -0.791. The first kappa shape index (κ1) is 21.0. The number of hydrogen-bond donors (Lipinski definition) is 2. The first-order valence-electron chi connectivity index (χ1n) is 9.51. The molecule has 2 amide bonds. The molecule has 2 aromatic carbocycles. The normalized spacial score (nSPS) is 11.6. The highest BCUT2D eigenvalue weighted by atomic mass is 19.1. The van der Waals surface area contributed by atoms with Crippen LogP contribution in [0.2, 0.25) is 0 Å². The van der Waals surface area contributed by atoms with E-state index in [1.54, 1.807) is 66.5 Å². The molecule has 8 heteroatoms. The van der Waals surface area contributed by atoms with Crippen molar-refractivity contribution in [3.05, 3.63) is 83.7 Å². The van der Waals surface area contributed by atoms with Crippen LogP contribution in [-0.4, -0.2) is 34.5 Å². The number of aromatic nitrogens is 2. The Labute approximate surface area is 173 Å². The molecule has 1 aromatic heterocycles. The minimum Gasteiger partial charge on any atom is -0.494 e. The van der Waals surface area contributed by atoms with E-state index in [1.807, 2.05) is 6.92 Å². The largest absolute Gasteiger partial charge is 0.494 e. The number of ether oxygens (including phenoxy) is 1. The Kier molecular flexibility index (Phi) is 6.79. The molecular weight excluding hydrogens is 387 g/mol. The molecule has 156 valence electrons. The Morgan fingerprint density at radius 1 is 1.17 bits per heavy atom. The molecule has 0 aliphatic heterocycles. The lowest BCUT2D eigenvalue weighted by atomic mass is 10.1. The Morgan fingerprint density at radius 3 is 2.53 bits per heavy atom. The van der Waals surface area contributed by atoms with E-state index in [9.17, 15) is 14.0 Å². The van der Waals surface area contributed by atoms with Gasteiger partial charge in [-0.3, -0.25) is 9.59 Å². The summed E-state index contributed by atoms with van der Waals surface area (Å²) >= 11 is 0. The van der Waals surface area contributed by atoms with Crippen LogP contribution in [0, 0.1) is 5.82 Å². The van der Waals surface area contributed by atoms with Crippen LogP contribution < -0.4 is 15.4 Å². The highest BCUT2D eigenvalue weighted by Gasteiger charge is 2.23. The predicted octanol–water partition coefficient (Wildman–Crippen LogP) is 2.59. The van der Waals surface area contributed by atoms with Crippen LogP contribution in [0.4, 0.5) is 4.39 Å². The van der Waals surface area contributed by atoms with Crippen LogP contribution in [0.25, 0.3) is 0 Å². The van der Waals surface area contributed by atoms with Gasteiger partial charge in [0.2, 0.25) is 5.91 Å². The Bertz CT molecular complexity index is 1020. The molecule has 0 radical (unpaired) electrons. The second-order valence-corrected chi connectivity index (χ2v) is 6.56. The van der Waals surface area contributed by atoms with Crippen molar-refractivity contribution in [1.82, 2.24) is 20.2 Å². The maximum atomic E-state index is 14.4. The van der Waals surface area contributed by atoms with Crippen molar-refractivity contribution in [2.75, 3.05) is 13.2 Å². The third-order valence-corrected chi connectivity index (χ3v) is 4.48. The van der Waals surface area contributed by atoms with Gasteiger partial charge in [-0.05, 0) is 37.3 Å². The molecule has 1 atom stereocenters. The maximum absolute atomic E-state index is 14.4. The van der Waals surface area contributed by atoms with Crippen molar-refractivity contribution >= 4 is 11.8 Å². The lowest BCUT2D eigenvalue weighted by Crippen LogP contribution is -2.39. The molecule has 3 rings (SSSR count). The van der Waals surface area contributed by atoms with E-state index in [0.29, 0.717) is 23.7 Å². The van der Waals surface area contributed by atoms with Gasteiger partial charge in [0.1, 0.15) is 23.4 Å². The number of aryl methyl sites for hydroxylation is 1. The lowest BCUT2D eigenvalue weighted by molar-refractivity contribution is -0.120. The summed E-state index contributed by atoms with van der Waals surface area (Å²) in [6.07, 6.45) is 3.28. The second-order valence-electron chi connectivity index (χ2n) is 6.56. The highest BCUT2D eigenvalue weighted by molar-refractivity contribution is 5.96. The summed E-state index contributed by atoms with van der Waals surface area (Å²) in [5.74, 6) is -0.178. The van der Waals surface area contributed by atoms with Crippen molar-refractivity contribution in [2.45, 2.75) is 13.0 Å². The number of amides is 2. The predicted molar refractivity (Wildman–Crippen MR) is 110 cm³/mol. The van der Waals surface area contributed by atoms with Crippen LogP contribution in [-0.2, 0) is 11.8 Å². The first-order valence-corrected chi connectivity index (χ1v) is 9.51. The lowest BCUT2D eigenvalue weighted by Gasteiger charge is -2.20. The Morgan fingerprint density at radius 2 is 1.90 bits per heavy atom. The van der Waals surface area contributed by atoms with E-state index < -0.39 is 23.7 Å². The fourth-order valence-corrected chi connectivity index (χ4v) is 2.99. The molecule has 3 aromatic rings. The number of carbonyl (C=O) groups is 2. The molecule has 0 fully saturated rings. The summed E-state index contributed by atoms with van der Waals surface area (Å²) in [7, 11) is 1.76. The standard InChI is InChI=1S/C22H23FN4O3/c1-3-30-16-10-8-15(9-11-16)22(29)25-14-19(28)26-20(21-24-12-13-27(21)2)17-6-4-5-7-18(17)23/h4-13,20H,3,14H2,1-2H3,(H,25,29)(H,26,28). The molecule has 0 aliphatic carbocycles. The molecule has 0 saturated heterocycles. The van der Waals surface area contributed by atoms with Crippen LogP contribution in [0.3, 0.4) is 0 Å². The van der Waals surface area contributed by atoms with Gasteiger partial charge < -0.3 is 19.9 Å². The van der Waals surface area contributed by atoms with Crippen molar-refractivity contribution in [2.24, 2.45) is 7.05 Å². The highest BCUT2D eigenvalue weighted by Crippen LogP contribution is 2.23. The van der Waals surface area contributed by atoms with Crippen LogP contribution in [0.1, 0.15) is 34.7 Å². The molecule has 1 heterocycles. The number of halogens is 1. The van der Waals surface area contributed by atoms with Crippen LogP contribution >= 0.6 is 0 Å². The van der Waals surface area contributed by atoms with Crippen LogP contribution in [0.5, 0.6) is 5.75 Å². The van der Waals surface area contributed by atoms with Gasteiger partial charge in [0.05, 0.1) is 13.2 Å². The summed E-state index contributed by atoms with van der Waals surface area (Å²) in [6.45, 7) is 2.14. The SMILES string of the molecule is CCOc1ccc(C(=O)NCC(=O)NC(c2ccccc2F)c2nccn2C)cc1. The minimum absolute atomic E-state index is 0.262. The van der Waals surface area contributed by atoms with E-state index in [0.717, 1.165) is 0 Å². The molecule has 1 unspecified atom stereocenters. The zero-order chi connectivity index (χ0) is 21.5. The molecular formula is C22H23FN4O3. The van der Waals surface area contributed by atoms with Gasteiger partial charge in [0, 0.05) is 30.6 Å². The van der Waals surface area contributed by atoms with Crippen molar-refractivity contribution < 1.29 is 18.7 Å². The molecule has 0 saturated carbocycles. The number of carbonyl (C=O) groups excluding carboxylic acids is 2. The number of nitrogens with zero attached hydrogens (tertiary/aromatic N) is 2. The number of rotatable bonds is 8. The summed E-state index contributed by atoms with van der Waals surface area (Å²) in [5, 5.41) is 5.32. The average Bonchev–Trinajstić information content (AvgIpc) is 3.17. The molecule has 0 bridgehead atoms. The van der Waals surface area contributed by atoms with Gasteiger partial charge >= 0.3 is 0 Å². The van der Waals surface area contributed by atoms with E-state index >= 15 is 0 Å². The quantitative estimate of drug-likeness (QED) is 0.598. The zero-order valence-electron chi connectivity index (χ0n) is 16.8. The maximum Gasteiger partial charge on any atom is 0.251 e. The summed E-state index contributed by atoms with van der Waals surface area (Å²) in [4.78, 5) is 29.1. The summed E-state index contributed by atoms with van der Waals surface area (Å²) in [5.41, 5.74) is 0.694. The van der Waals surface area contributed by atoms with Gasteiger partial charge in [-0.2, -0.15) is 0 Å². The molecule has 2 N–H and O–H groups in total. The van der Waals surface area contributed by atoms with Gasteiger partial charge in [-0.25, -0.2) is 9.37 Å². The van der Waals surface area contributed by atoms with E-state index in [2.05, 4.69) is 15.6 Å². The summed E-state index contributed by atoms with van der Waals surface area (Å²) < 4.78 is 21.4. The van der Waals surface area contributed by atoms with Gasteiger partial charge in [-0.15, -0.1) is 0 Å². The van der Waals surface area contributed by atoms with Crippen molar-refractivity contribution in [3.63, 3.8) is 0 Å². The fraction of sp³-hybridized carbons (Fsp3) is 0.227. The van der Waals surface area contributed by atoms with Crippen molar-refractivity contribution in [1.29, 1.82) is 0 Å². The molecule has 0 spiro atoms. The average molecular weight is 410 g/mol. The Balaban J connectivity index is 1.67. The van der Waals surface area contributed by atoms with Gasteiger partial charge in [0.25, 0.3) is 5.91 Å². The fourth-order valence-electron chi connectivity index (χ4n) is 2.99. The summed E-state index contributed by atoms with van der Waals surface area (Å²) in [6, 6.07) is 12.0. The molecule has 30 heavy (non-hydrogen) atoms. The number of imidazole rings is 1. The third-order valence-electron chi connectivity index (χ3n) is 4.48. The first-order chi connectivity index (χ1) is 14.5. The van der Waals surface area contributed by atoms with Gasteiger partial charge in [0.15, 0.2) is 0 Å². The molecule has 7 nitrogen and oxygen atoms in total. The van der Waals surface area contributed by atoms with E-state index in [4.69, 9.17) is 4.74 Å². The second kappa shape index (κ2) is 9.69. The van der Waals surface area contributed by atoms with E-state index in [1.165, 1.54) is 6.07 Å². The monoisotopic (exact) mass is 410 g/mol. The Hall–Kier alpha value is -3.68. The number of hydrogen-bond acceptors (Lipinski definition) is 4. The van der Waals surface area contributed by atoms with Crippen LogP contribution in [0.15, 0.2) is 60.9 Å². The zero-order valence-corrected chi connectivity index (χ0v) is 16.8. The van der Waals surface area contributed by atoms with Gasteiger partial charge in [-0.1, -0.05) is 18.2 Å². The smallest absolute Gasteiger partial charge is 0.251 e. The number of benzene rings is 2. The molecule has 0 aliphatic rings.